The van der Waals surface area contributed by atoms with Crippen molar-refractivity contribution in [3.05, 3.63) is 23.4 Å². The largest absolute Gasteiger partial charge is 0.354 e. The molecule has 1 aromatic heterocycles. The first-order valence-electron chi connectivity index (χ1n) is 7.33. The van der Waals surface area contributed by atoms with Gasteiger partial charge in [0.25, 0.3) is 6.43 Å². The lowest BCUT2D eigenvalue weighted by Crippen LogP contribution is -2.27. The van der Waals surface area contributed by atoms with Crippen molar-refractivity contribution in [2.45, 2.75) is 59.0 Å². The maximum absolute atomic E-state index is 12.6. The van der Waals surface area contributed by atoms with Crippen molar-refractivity contribution in [3.63, 3.8) is 0 Å². The van der Waals surface area contributed by atoms with E-state index in [9.17, 15) is 8.78 Å². The number of alkyl halides is 2. The average molecular weight is 299 g/mol. The van der Waals surface area contributed by atoms with E-state index in [-0.39, 0.29) is 12.0 Å². The van der Waals surface area contributed by atoms with Gasteiger partial charge in [-0.15, -0.1) is 0 Å². The van der Waals surface area contributed by atoms with Gasteiger partial charge in [-0.3, -0.25) is 0 Å². The zero-order chi connectivity index (χ0) is 16.2. The van der Waals surface area contributed by atoms with Gasteiger partial charge in [-0.25, -0.2) is 13.8 Å². The number of rotatable bonds is 6. The Morgan fingerprint density at radius 1 is 1.24 bits per heavy atom. The molecule has 5 heteroatoms. The van der Waals surface area contributed by atoms with Crippen LogP contribution >= 0.6 is 0 Å². The molecule has 0 fully saturated rings. The van der Waals surface area contributed by atoms with E-state index in [1.54, 1.807) is 7.05 Å². The number of anilines is 1. The first-order chi connectivity index (χ1) is 9.59. The highest BCUT2D eigenvalue weighted by molar-refractivity contribution is 5.43. The van der Waals surface area contributed by atoms with E-state index in [0.29, 0.717) is 18.4 Å². The highest BCUT2D eigenvalue weighted by Crippen LogP contribution is 2.25. The standard InChI is InChI=1S/C16H27F2N3/c1-11(2)19-9-12-7-13(16(3,4)5)20-15(8-12)21(6)10-14(17)18/h7-8,11,14,19H,9-10H2,1-6H3. The Labute approximate surface area is 126 Å². The van der Waals surface area contributed by atoms with Crippen molar-refractivity contribution in [2.75, 3.05) is 18.5 Å². The van der Waals surface area contributed by atoms with Gasteiger partial charge < -0.3 is 10.2 Å². The number of hydrogen-bond donors (Lipinski definition) is 1. The third-order valence-corrected chi connectivity index (χ3v) is 3.16. The third kappa shape index (κ3) is 5.96. The SMILES string of the molecule is CC(C)NCc1cc(N(C)CC(F)F)nc(C(C)(C)C)c1. The van der Waals surface area contributed by atoms with E-state index in [0.717, 1.165) is 11.3 Å². The molecule has 0 aromatic carbocycles. The molecule has 0 aliphatic heterocycles. The summed E-state index contributed by atoms with van der Waals surface area (Å²) in [6, 6.07) is 4.31. The molecule has 0 amide bonds. The number of nitrogens with zero attached hydrogens (tertiary/aromatic N) is 2. The van der Waals surface area contributed by atoms with Gasteiger partial charge in [-0.2, -0.15) is 0 Å². The lowest BCUT2D eigenvalue weighted by Gasteiger charge is -2.24. The number of halogens is 2. The smallest absolute Gasteiger partial charge is 0.255 e. The summed E-state index contributed by atoms with van der Waals surface area (Å²) < 4.78 is 25.2. The van der Waals surface area contributed by atoms with Crippen LogP contribution in [0.3, 0.4) is 0 Å². The highest BCUT2D eigenvalue weighted by atomic mass is 19.3. The molecule has 0 bridgehead atoms. The van der Waals surface area contributed by atoms with E-state index < -0.39 is 6.43 Å². The Bertz CT molecular complexity index is 453. The molecule has 0 aliphatic carbocycles. The van der Waals surface area contributed by atoms with Crippen molar-refractivity contribution >= 4 is 5.82 Å². The van der Waals surface area contributed by atoms with Crippen LogP contribution in [0.2, 0.25) is 0 Å². The Morgan fingerprint density at radius 2 is 1.86 bits per heavy atom. The maximum Gasteiger partial charge on any atom is 0.255 e. The minimum absolute atomic E-state index is 0.117. The van der Waals surface area contributed by atoms with Crippen LogP contribution in [0.25, 0.3) is 0 Å². The maximum atomic E-state index is 12.6. The van der Waals surface area contributed by atoms with Gasteiger partial charge in [0.2, 0.25) is 0 Å². The van der Waals surface area contributed by atoms with E-state index in [4.69, 9.17) is 0 Å². The number of nitrogens with one attached hydrogen (secondary N) is 1. The molecule has 120 valence electrons. The van der Waals surface area contributed by atoms with Gasteiger partial charge >= 0.3 is 0 Å². The van der Waals surface area contributed by atoms with Gasteiger partial charge in [0.1, 0.15) is 5.82 Å². The average Bonchev–Trinajstić information content (AvgIpc) is 2.34. The normalized spacial score (nSPS) is 12.3. The summed E-state index contributed by atoms with van der Waals surface area (Å²) in [5.41, 5.74) is 1.87. The molecule has 21 heavy (non-hydrogen) atoms. The molecule has 0 atom stereocenters. The predicted molar refractivity (Wildman–Crippen MR) is 84.2 cm³/mol. The van der Waals surface area contributed by atoms with Gasteiger partial charge in [0.05, 0.1) is 6.54 Å². The van der Waals surface area contributed by atoms with Crippen LogP contribution < -0.4 is 10.2 Å². The molecule has 1 aromatic rings. The van der Waals surface area contributed by atoms with Gasteiger partial charge in [-0.05, 0) is 17.7 Å². The fourth-order valence-electron chi connectivity index (χ4n) is 1.88. The van der Waals surface area contributed by atoms with Crippen LogP contribution in [0.4, 0.5) is 14.6 Å². The predicted octanol–water partition coefficient (Wildman–Crippen LogP) is 3.58. The minimum atomic E-state index is -2.37. The molecule has 3 nitrogen and oxygen atoms in total. The number of pyridine rings is 1. The minimum Gasteiger partial charge on any atom is -0.354 e. The summed E-state index contributed by atoms with van der Waals surface area (Å²) in [5, 5.41) is 3.35. The molecule has 0 radical (unpaired) electrons. The summed E-state index contributed by atoms with van der Waals surface area (Å²) in [7, 11) is 1.65. The Balaban J connectivity index is 3.08. The summed E-state index contributed by atoms with van der Waals surface area (Å²) in [6.07, 6.45) is -2.37. The van der Waals surface area contributed by atoms with Gasteiger partial charge in [-0.1, -0.05) is 34.6 Å². The quantitative estimate of drug-likeness (QED) is 0.870. The highest BCUT2D eigenvalue weighted by Gasteiger charge is 2.19. The Hall–Kier alpha value is -1.23. The number of hydrogen-bond acceptors (Lipinski definition) is 3. The second-order valence-electron chi connectivity index (χ2n) is 6.78. The first kappa shape index (κ1) is 17.8. The lowest BCUT2D eigenvalue weighted by atomic mass is 9.90. The van der Waals surface area contributed by atoms with Crippen molar-refractivity contribution in [2.24, 2.45) is 0 Å². The topological polar surface area (TPSA) is 28.2 Å². The summed E-state index contributed by atoms with van der Waals surface area (Å²) in [6.45, 7) is 10.8. The molecule has 0 spiro atoms. The Morgan fingerprint density at radius 3 is 2.33 bits per heavy atom. The monoisotopic (exact) mass is 299 g/mol. The molecule has 0 aliphatic rings. The van der Waals surface area contributed by atoms with Crippen LogP contribution in [0.5, 0.6) is 0 Å². The molecule has 0 saturated carbocycles. The summed E-state index contributed by atoms with van der Waals surface area (Å²) in [4.78, 5) is 6.06. The molecule has 1 heterocycles. The van der Waals surface area contributed by atoms with Crippen LogP contribution in [0, 0.1) is 0 Å². The molecular weight excluding hydrogens is 272 g/mol. The second-order valence-corrected chi connectivity index (χ2v) is 6.78. The molecule has 1 N–H and O–H groups in total. The fourth-order valence-corrected chi connectivity index (χ4v) is 1.88. The summed E-state index contributed by atoms with van der Waals surface area (Å²) >= 11 is 0. The van der Waals surface area contributed by atoms with Crippen molar-refractivity contribution in [3.8, 4) is 0 Å². The zero-order valence-corrected chi connectivity index (χ0v) is 13.9. The van der Waals surface area contributed by atoms with Crippen LogP contribution in [-0.4, -0.2) is 31.0 Å². The molecular formula is C16H27F2N3. The molecule has 0 unspecified atom stereocenters. The second kappa shape index (κ2) is 7.16. The van der Waals surface area contributed by atoms with E-state index in [1.807, 2.05) is 6.07 Å². The van der Waals surface area contributed by atoms with Crippen molar-refractivity contribution in [1.29, 1.82) is 0 Å². The zero-order valence-electron chi connectivity index (χ0n) is 13.9. The van der Waals surface area contributed by atoms with Crippen LogP contribution in [0.1, 0.15) is 45.9 Å². The number of aromatic nitrogens is 1. The van der Waals surface area contributed by atoms with Crippen molar-refractivity contribution < 1.29 is 8.78 Å². The van der Waals surface area contributed by atoms with Crippen LogP contribution in [0.15, 0.2) is 12.1 Å². The molecule has 1 rings (SSSR count). The fraction of sp³-hybridized carbons (Fsp3) is 0.688. The first-order valence-corrected chi connectivity index (χ1v) is 7.33. The van der Waals surface area contributed by atoms with Crippen molar-refractivity contribution in [1.82, 2.24) is 10.3 Å². The third-order valence-electron chi connectivity index (χ3n) is 3.16. The summed E-state index contributed by atoms with van der Waals surface area (Å²) in [5.74, 6) is 0.600. The van der Waals surface area contributed by atoms with Crippen LogP contribution in [-0.2, 0) is 12.0 Å². The van der Waals surface area contributed by atoms with E-state index in [2.05, 4.69) is 51.0 Å². The van der Waals surface area contributed by atoms with E-state index in [1.165, 1.54) is 4.90 Å². The lowest BCUT2D eigenvalue weighted by molar-refractivity contribution is 0.156. The molecule has 0 saturated heterocycles. The van der Waals surface area contributed by atoms with E-state index >= 15 is 0 Å². The Kier molecular flexibility index (Phi) is 6.08. The van der Waals surface area contributed by atoms with Gasteiger partial charge in [0.15, 0.2) is 0 Å². The van der Waals surface area contributed by atoms with Gasteiger partial charge in [0, 0.05) is 30.7 Å².